The first kappa shape index (κ1) is 16.2. The predicted molar refractivity (Wildman–Crippen MR) is 91.7 cm³/mol. The van der Waals surface area contributed by atoms with Gasteiger partial charge in [-0.1, -0.05) is 11.2 Å². The number of rotatable bonds is 5. The number of amides is 1. The number of hydrogen-bond acceptors (Lipinski definition) is 4. The Balaban J connectivity index is 1.59. The van der Waals surface area contributed by atoms with Crippen LogP contribution in [-0.4, -0.2) is 21.0 Å². The summed E-state index contributed by atoms with van der Waals surface area (Å²) < 4.78 is 5.10. The van der Waals surface area contributed by atoms with E-state index < -0.39 is 0 Å². The molecular formula is C18H22N4O2. The van der Waals surface area contributed by atoms with E-state index in [0.717, 1.165) is 33.9 Å². The van der Waals surface area contributed by atoms with E-state index in [2.05, 4.69) is 40.4 Å². The van der Waals surface area contributed by atoms with Crippen molar-refractivity contribution in [2.45, 2.75) is 47.1 Å². The highest BCUT2D eigenvalue weighted by Crippen LogP contribution is 2.19. The first-order valence-corrected chi connectivity index (χ1v) is 8.09. The van der Waals surface area contributed by atoms with Gasteiger partial charge in [-0.05, 0) is 44.9 Å². The Bertz CT molecular complexity index is 872. The van der Waals surface area contributed by atoms with Gasteiger partial charge in [0.1, 0.15) is 11.6 Å². The van der Waals surface area contributed by atoms with Gasteiger partial charge >= 0.3 is 0 Å². The number of H-pyrrole nitrogens is 1. The second-order valence-electron chi connectivity index (χ2n) is 6.17. The molecule has 2 heterocycles. The highest BCUT2D eigenvalue weighted by molar-refractivity contribution is 5.80. The summed E-state index contributed by atoms with van der Waals surface area (Å²) >= 11 is 0. The van der Waals surface area contributed by atoms with Crippen LogP contribution in [0.3, 0.4) is 0 Å². The summed E-state index contributed by atoms with van der Waals surface area (Å²) in [6.45, 7) is 8.30. The molecule has 2 aromatic heterocycles. The minimum absolute atomic E-state index is 0.0108. The summed E-state index contributed by atoms with van der Waals surface area (Å²) in [7, 11) is 0. The van der Waals surface area contributed by atoms with Crippen molar-refractivity contribution in [3.8, 4) is 0 Å². The largest absolute Gasteiger partial charge is 0.361 e. The average molecular weight is 326 g/mol. The number of hydrogen-bond donors (Lipinski definition) is 2. The maximum Gasteiger partial charge on any atom is 0.220 e. The Morgan fingerprint density at radius 3 is 2.75 bits per heavy atom. The van der Waals surface area contributed by atoms with Crippen LogP contribution in [0.15, 0.2) is 16.7 Å². The molecule has 0 aliphatic carbocycles. The van der Waals surface area contributed by atoms with Crippen molar-refractivity contribution in [1.82, 2.24) is 20.4 Å². The average Bonchev–Trinajstić information content (AvgIpc) is 3.11. The lowest BCUT2D eigenvalue weighted by Crippen LogP contribution is -2.23. The summed E-state index contributed by atoms with van der Waals surface area (Å²) in [6, 6.07) is 4.11. The van der Waals surface area contributed by atoms with E-state index >= 15 is 0 Å². The SMILES string of the molecule is Cc1ccc2[nH]c(CCC(=O)NCc3c(C)noc3C)nc2c1C. The molecule has 3 rings (SSSR count). The zero-order valence-corrected chi connectivity index (χ0v) is 14.5. The van der Waals surface area contributed by atoms with Crippen LogP contribution in [0.4, 0.5) is 0 Å². The molecule has 0 spiro atoms. The van der Waals surface area contributed by atoms with Crippen LogP contribution in [-0.2, 0) is 17.8 Å². The molecule has 24 heavy (non-hydrogen) atoms. The van der Waals surface area contributed by atoms with Gasteiger partial charge in [0.25, 0.3) is 0 Å². The van der Waals surface area contributed by atoms with Gasteiger partial charge in [-0.3, -0.25) is 4.79 Å². The molecule has 6 heteroatoms. The summed E-state index contributed by atoms with van der Waals surface area (Å²) in [4.78, 5) is 20.0. The van der Waals surface area contributed by atoms with Gasteiger partial charge in [-0.25, -0.2) is 4.98 Å². The van der Waals surface area contributed by atoms with Crippen LogP contribution >= 0.6 is 0 Å². The van der Waals surface area contributed by atoms with E-state index in [4.69, 9.17) is 4.52 Å². The third kappa shape index (κ3) is 3.18. The van der Waals surface area contributed by atoms with E-state index in [1.54, 1.807) is 0 Å². The number of imidazole rings is 1. The van der Waals surface area contributed by atoms with Crippen molar-refractivity contribution in [3.05, 3.63) is 46.1 Å². The molecule has 3 aromatic rings. The maximum atomic E-state index is 12.1. The molecule has 0 fully saturated rings. The van der Waals surface area contributed by atoms with Crippen LogP contribution < -0.4 is 5.32 Å². The Morgan fingerprint density at radius 2 is 2.04 bits per heavy atom. The molecule has 0 bridgehead atoms. The van der Waals surface area contributed by atoms with Crippen LogP contribution in [0.2, 0.25) is 0 Å². The second kappa shape index (κ2) is 6.47. The first-order chi connectivity index (χ1) is 11.5. The Hall–Kier alpha value is -2.63. The zero-order chi connectivity index (χ0) is 17.3. The number of aryl methyl sites for hydroxylation is 5. The number of carbonyl (C=O) groups excluding carboxylic acids is 1. The van der Waals surface area contributed by atoms with Crippen molar-refractivity contribution in [2.75, 3.05) is 0 Å². The minimum atomic E-state index is -0.0108. The fraction of sp³-hybridized carbons (Fsp3) is 0.389. The lowest BCUT2D eigenvalue weighted by Gasteiger charge is -2.04. The van der Waals surface area contributed by atoms with Gasteiger partial charge in [0.15, 0.2) is 0 Å². The van der Waals surface area contributed by atoms with E-state index in [-0.39, 0.29) is 5.91 Å². The normalized spacial score (nSPS) is 11.2. The van der Waals surface area contributed by atoms with E-state index in [1.165, 1.54) is 11.1 Å². The summed E-state index contributed by atoms with van der Waals surface area (Å²) in [5.41, 5.74) is 6.16. The second-order valence-corrected chi connectivity index (χ2v) is 6.17. The molecule has 0 aliphatic rings. The zero-order valence-electron chi connectivity index (χ0n) is 14.5. The quantitative estimate of drug-likeness (QED) is 0.755. The molecule has 0 saturated carbocycles. The number of nitrogens with one attached hydrogen (secondary N) is 2. The number of fused-ring (bicyclic) bond motifs is 1. The minimum Gasteiger partial charge on any atom is -0.361 e. The molecule has 0 unspecified atom stereocenters. The Labute approximate surface area is 140 Å². The van der Waals surface area contributed by atoms with Gasteiger partial charge in [-0.2, -0.15) is 0 Å². The molecular weight excluding hydrogens is 304 g/mol. The van der Waals surface area contributed by atoms with Crippen molar-refractivity contribution in [3.63, 3.8) is 0 Å². The number of aromatic nitrogens is 3. The van der Waals surface area contributed by atoms with Crippen LogP contribution in [0.5, 0.6) is 0 Å². The summed E-state index contributed by atoms with van der Waals surface area (Å²) in [5, 5.41) is 6.80. The van der Waals surface area contributed by atoms with Gasteiger partial charge < -0.3 is 14.8 Å². The molecule has 126 valence electrons. The standard InChI is InChI=1S/C18H22N4O2/c1-10-5-6-15-18(11(10)2)21-16(20-15)7-8-17(23)19-9-14-12(3)22-24-13(14)4/h5-6H,7-9H2,1-4H3,(H,19,23)(H,20,21). The maximum absolute atomic E-state index is 12.1. The van der Waals surface area contributed by atoms with Gasteiger partial charge in [-0.15, -0.1) is 0 Å². The van der Waals surface area contributed by atoms with Gasteiger partial charge in [0, 0.05) is 24.9 Å². The Morgan fingerprint density at radius 1 is 1.25 bits per heavy atom. The molecule has 0 aliphatic heterocycles. The smallest absolute Gasteiger partial charge is 0.220 e. The van der Waals surface area contributed by atoms with Crippen molar-refractivity contribution in [1.29, 1.82) is 0 Å². The molecule has 0 atom stereocenters. The number of nitrogens with zero attached hydrogens (tertiary/aromatic N) is 2. The lowest BCUT2D eigenvalue weighted by molar-refractivity contribution is -0.121. The molecule has 0 saturated heterocycles. The number of benzene rings is 1. The third-order valence-electron chi connectivity index (χ3n) is 4.46. The fourth-order valence-electron chi connectivity index (χ4n) is 2.74. The van der Waals surface area contributed by atoms with E-state index in [0.29, 0.717) is 19.4 Å². The monoisotopic (exact) mass is 326 g/mol. The van der Waals surface area contributed by atoms with E-state index in [9.17, 15) is 4.79 Å². The molecule has 6 nitrogen and oxygen atoms in total. The van der Waals surface area contributed by atoms with Crippen LogP contribution in [0.25, 0.3) is 11.0 Å². The van der Waals surface area contributed by atoms with Crippen molar-refractivity contribution < 1.29 is 9.32 Å². The molecule has 0 radical (unpaired) electrons. The predicted octanol–water partition coefficient (Wildman–Crippen LogP) is 3.03. The Kier molecular flexibility index (Phi) is 4.38. The van der Waals surface area contributed by atoms with Crippen LogP contribution in [0.1, 0.15) is 40.4 Å². The third-order valence-corrected chi connectivity index (χ3v) is 4.46. The van der Waals surface area contributed by atoms with E-state index in [1.807, 2.05) is 19.9 Å². The molecule has 1 aromatic carbocycles. The highest BCUT2D eigenvalue weighted by Gasteiger charge is 2.12. The van der Waals surface area contributed by atoms with Crippen molar-refractivity contribution >= 4 is 16.9 Å². The van der Waals surface area contributed by atoms with Gasteiger partial charge in [0.2, 0.25) is 5.91 Å². The first-order valence-electron chi connectivity index (χ1n) is 8.09. The van der Waals surface area contributed by atoms with Crippen LogP contribution in [0, 0.1) is 27.7 Å². The molecule has 2 N–H and O–H groups in total. The summed E-state index contributed by atoms with van der Waals surface area (Å²) in [6.07, 6.45) is 0.974. The van der Waals surface area contributed by atoms with Crippen molar-refractivity contribution in [2.24, 2.45) is 0 Å². The number of carbonyl (C=O) groups is 1. The molecule has 1 amide bonds. The van der Waals surface area contributed by atoms with Gasteiger partial charge in [0.05, 0.1) is 16.7 Å². The topological polar surface area (TPSA) is 83.8 Å². The fourth-order valence-corrected chi connectivity index (χ4v) is 2.74. The lowest BCUT2D eigenvalue weighted by atomic mass is 10.1. The highest BCUT2D eigenvalue weighted by atomic mass is 16.5. The summed E-state index contributed by atoms with van der Waals surface area (Å²) in [5.74, 6) is 1.57. The number of aromatic amines is 1.